The van der Waals surface area contributed by atoms with E-state index in [9.17, 15) is 22.4 Å². The zero-order chi connectivity index (χ0) is 25.3. The molecule has 0 fully saturated rings. The van der Waals surface area contributed by atoms with Crippen molar-refractivity contribution in [1.82, 2.24) is 19.7 Å². The van der Waals surface area contributed by atoms with Gasteiger partial charge in [0, 0.05) is 12.6 Å². The average molecular weight is 501 g/mol. The summed E-state index contributed by atoms with van der Waals surface area (Å²) in [5.74, 6) is -0.826. The minimum absolute atomic E-state index is 0.0683. The molecule has 0 aliphatic carbocycles. The number of hydrogen-bond acceptors (Lipinski definition) is 11. The van der Waals surface area contributed by atoms with Crippen molar-refractivity contribution in [2.75, 3.05) is 39.9 Å². The molecule has 0 spiro atoms. The number of aryl methyl sites for hydroxylation is 1. The number of amides is 2. The van der Waals surface area contributed by atoms with Gasteiger partial charge in [-0.3, -0.25) is 10.3 Å². The summed E-state index contributed by atoms with van der Waals surface area (Å²) in [6.45, 7) is 0.518. The first kappa shape index (κ1) is 26.7. The van der Waals surface area contributed by atoms with Gasteiger partial charge in [0.05, 0.1) is 39.7 Å². The Kier molecular flexibility index (Phi) is 9.44. The van der Waals surface area contributed by atoms with Gasteiger partial charge in [-0.2, -0.15) is 9.97 Å². The van der Waals surface area contributed by atoms with Gasteiger partial charge >= 0.3 is 12.0 Å². The van der Waals surface area contributed by atoms with Crippen LogP contribution in [0.5, 0.6) is 11.8 Å². The Morgan fingerprint density at radius 1 is 1.15 bits per heavy atom. The molecule has 1 atom stereocenters. The third-order valence-electron chi connectivity index (χ3n) is 4.15. The summed E-state index contributed by atoms with van der Waals surface area (Å²) in [5, 5.41) is 2.17. The van der Waals surface area contributed by atoms with E-state index in [-0.39, 0.29) is 33.9 Å². The summed E-state index contributed by atoms with van der Waals surface area (Å²) in [5.41, 5.74) is 0.0982. The average Bonchev–Trinajstić information content (AvgIpc) is 2.77. The molecule has 34 heavy (non-hydrogen) atoms. The van der Waals surface area contributed by atoms with Crippen molar-refractivity contribution in [3.63, 3.8) is 0 Å². The molecule has 0 aromatic carbocycles. The summed E-state index contributed by atoms with van der Waals surface area (Å²) in [4.78, 5) is 34.7. The second-order valence-corrected chi connectivity index (χ2v) is 8.25. The zero-order valence-corrected chi connectivity index (χ0v) is 19.6. The highest BCUT2D eigenvalue weighted by atomic mass is 32.2. The van der Waals surface area contributed by atoms with Gasteiger partial charge in [-0.25, -0.2) is 27.1 Å². The smallest absolute Gasteiger partial charge is 0.335 e. The Labute approximate surface area is 195 Å². The first-order valence-corrected chi connectivity index (χ1v) is 11.1. The Hall–Kier alpha value is -3.59. The first-order valence-electron chi connectivity index (χ1n) is 9.63. The lowest BCUT2D eigenvalue weighted by molar-refractivity contribution is -0.146. The van der Waals surface area contributed by atoms with E-state index in [1.807, 2.05) is 4.72 Å². The zero-order valence-electron chi connectivity index (χ0n) is 18.8. The van der Waals surface area contributed by atoms with Crippen LogP contribution in [-0.2, 0) is 30.7 Å². The van der Waals surface area contributed by atoms with Crippen LogP contribution in [0.2, 0.25) is 0 Å². The maximum Gasteiger partial charge on any atom is 0.335 e. The Balaban J connectivity index is 2.16. The van der Waals surface area contributed by atoms with Crippen molar-refractivity contribution in [1.29, 1.82) is 0 Å². The number of hydrogen-bond donors (Lipinski definition) is 2. The van der Waals surface area contributed by atoms with Crippen LogP contribution < -0.4 is 19.5 Å². The maximum atomic E-state index is 14.4. The lowest BCUT2D eigenvalue weighted by Crippen LogP contribution is -2.36. The van der Waals surface area contributed by atoms with Crippen LogP contribution in [0.15, 0.2) is 23.2 Å². The van der Waals surface area contributed by atoms with Crippen LogP contribution >= 0.6 is 0 Å². The van der Waals surface area contributed by atoms with Gasteiger partial charge in [0.25, 0.3) is 10.0 Å². The number of sulfonamides is 1. The number of aromatic nitrogens is 3. The fourth-order valence-electron chi connectivity index (χ4n) is 2.68. The van der Waals surface area contributed by atoms with Crippen molar-refractivity contribution in [3.8, 4) is 11.8 Å². The topological polar surface area (TPSA) is 168 Å². The number of alkyl halides is 1. The molecule has 0 aliphatic heterocycles. The second kappa shape index (κ2) is 12.0. The van der Waals surface area contributed by atoms with Crippen LogP contribution in [0.4, 0.5) is 15.1 Å². The number of pyridine rings is 1. The predicted octanol–water partition coefficient (Wildman–Crippen LogP) is 0.778. The van der Waals surface area contributed by atoms with Gasteiger partial charge in [0.15, 0.2) is 0 Å². The molecule has 0 saturated heterocycles. The van der Waals surface area contributed by atoms with E-state index >= 15 is 0 Å². The molecule has 0 aliphatic rings. The summed E-state index contributed by atoms with van der Waals surface area (Å²) in [6, 6.07) is 1.57. The molecular formula is C19H24FN5O8S. The Bertz CT molecular complexity index is 1110. The minimum atomic E-state index is -4.48. The summed E-state index contributed by atoms with van der Waals surface area (Å²) in [6.07, 6.45) is -0.821. The molecule has 2 aromatic heterocycles. The van der Waals surface area contributed by atoms with Crippen molar-refractivity contribution in [2.45, 2.75) is 24.4 Å². The molecule has 2 rings (SSSR count). The Morgan fingerprint density at radius 3 is 2.38 bits per heavy atom. The number of carbonyl (C=O) groups excluding carboxylic acids is 2. The fourth-order valence-corrected chi connectivity index (χ4v) is 4.02. The van der Waals surface area contributed by atoms with Crippen molar-refractivity contribution in [3.05, 3.63) is 29.6 Å². The molecule has 2 heterocycles. The molecule has 2 N–H and O–H groups in total. The predicted molar refractivity (Wildman–Crippen MR) is 115 cm³/mol. The van der Waals surface area contributed by atoms with Gasteiger partial charge < -0.3 is 18.9 Å². The molecule has 13 nitrogen and oxygen atoms in total. The van der Waals surface area contributed by atoms with E-state index in [2.05, 4.69) is 25.0 Å². The number of nitrogens with zero attached hydrogens (tertiary/aromatic N) is 3. The van der Waals surface area contributed by atoms with Crippen LogP contribution in [-0.4, -0.2) is 76.1 Å². The summed E-state index contributed by atoms with van der Waals surface area (Å²) in [7, 11) is -0.651. The van der Waals surface area contributed by atoms with Gasteiger partial charge in [-0.1, -0.05) is 0 Å². The van der Waals surface area contributed by atoms with Crippen molar-refractivity contribution < 1.29 is 41.3 Å². The van der Waals surface area contributed by atoms with E-state index in [1.54, 1.807) is 0 Å². The minimum Gasteiger partial charge on any atom is -0.481 e. The highest BCUT2D eigenvalue weighted by Crippen LogP contribution is 2.21. The molecule has 2 aromatic rings. The van der Waals surface area contributed by atoms with Crippen LogP contribution in [0.1, 0.15) is 11.3 Å². The number of anilines is 1. The van der Waals surface area contributed by atoms with E-state index < -0.39 is 47.8 Å². The molecule has 2 amide bonds. The van der Waals surface area contributed by atoms with E-state index in [0.29, 0.717) is 0 Å². The molecule has 15 heteroatoms. The third-order valence-corrected chi connectivity index (χ3v) is 5.70. The molecule has 0 saturated carbocycles. The largest absolute Gasteiger partial charge is 0.481 e. The van der Waals surface area contributed by atoms with E-state index in [0.717, 1.165) is 7.11 Å². The monoisotopic (exact) mass is 501 g/mol. The molecule has 0 radical (unpaired) electrons. The maximum absolute atomic E-state index is 14.4. The first-order chi connectivity index (χ1) is 16.1. The number of methoxy groups -OCH3 is 3. The quantitative estimate of drug-likeness (QED) is 0.417. The van der Waals surface area contributed by atoms with Gasteiger partial charge in [-0.05, 0) is 18.6 Å². The van der Waals surface area contributed by atoms with E-state index in [4.69, 9.17) is 14.2 Å². The number of carbonyl (C=O) groups is 2. The standard InChI is InChI=1S/C19H24FN5O8S/c1-11-5-6-21-13(7-12(20)9-33-10-16(26)32-4)17(11)34(28,29)25-19(27)24-18-22-14(30-2)8-15(23-18)31-3/h5-6,8,12H,7,9-10H2,1-4H3,(H2,22,23,24,25,27). The van der Waals surface area contributed by atoms with Crippen LogP contribution in [0, 0.1) is 6.92 Å². The summed E-state index contributed by atoms with van der Waals surface area (Å²) >= 11 is 0. The number of ether oxygens (including phenoxy) is 4. The van der Waals surface area contributed by atoms with Crippen molar-refractivity contribution in [2.24, 2.45) is 0 Å². The van der Waals surface area contributed by atoms with Gasteiger partial charge in [0.2, 0.25) is 17.7 Å². The van der Waals surface area contributed by atoms with Gasteiger partial charge in [0.1, 0.15) is 17.7 Å². The fraction of sp³-hybridized carbons (Fsp3) is 0.421. The Morgan fingerprint density at radius 2 is 1.79 bits per heavy atom. The number of halogens is 1. The SMILES string of the molecule is COC(=O)COCC(F)Cc1nccc(C)c1S(=O)(=O)NC(=O)Nc1nc(OC)cc(OC)n1. The highest BCUT2D eigenvalue weighted by molar-refractivity contribution is 7.90. The number of urea groups is 1. The lowest BCUT2D eigenvalue weighted by atomic mass is 10.1. The summed E-state index contributed by atoms with van der Waals surface area (Å²) < 4.78 is 61.3. The molecule has 0 bridgehead atoms. The third kappa shape index (κ3) is 7.48. The van der Waals surface area contributed by atoms with Crippen molar-refractivity contribution >= 4 is 28.0 Å². The van der Waals surface area contributed by atoms with Crippen LogP contribution in [0.25, 0.3) is 0 Å². The molecular weight excluding hydrogens is 477 g/mol. The van der Waals surface area contributed by atoms with Gasteiger partial charge in [-0.15, -0.1) is 0 Å². The number of rotatable bonds is 11. The molecule has 1 unspecified atom stereocenters. The second-order valence-electron chi connectivity index (χ2n) is 6.63. The normalized spacial score (nSPS) is 11.9. The highest BCUT2D eigenvalue weighted by Gasteiger charge is 2.26. The lowest BCUT2D eigenvalue weighted by Gasteiger charge is -2.15. The van der Waals surface area contributed by atoms with E-state index in [1.165, 1.54) is 39.5 Å². The number of esters is 1. The van der Waals surface area contributed by atoms with Crippen LogP contribution in [0.3, 0.4) is 0 Å². The number of nitrogens with one attached hydrogen (secondary N) is 2. The molecule has 186 valence electrons.